The van der Waals surface area contributed by atoms with Gasteiger partial charge >= 0.3 is 12.4 Å². The van der Waals surface area contributed by atoms with Crippen LogP contribution in [0.2, 0.25) is 0 Å². The summed E-state index contributed by atoms with van der Waals surface area (Å²) in [6.07, 6.45) is -11.1. The molecule has 0 bridgehead atoms. The molecule has 0 aliphatic heterocycles. The maximum atomic E-state index is 12.6. The van der Waals surface area contributed by atoms with E-state index in [9.17, 15) is 31.1 Å². The predicted molar refractivity (Wildman–Crippen MR) is 85.7 cm³/mol. The van der Waals surface area contributed by atoms with Crippen LogP contribution in [0.5, 0.6) is 5.75 Å². The van der Waals surface area contributed by atoms with Crippen molar-refractivity contribution in [3.63, 3.8) is 0 Å². The highest BCUT2D eigenvalue weighted by Gasteiger charge is 2.29. The first-order chi connectivity index (χ1) is 12.4. The Labute approximate surface area is 151 Å². The van der Waals surface area contributed by atoms with E-state index >= 15 is 0 Å². The van der Waals surface area contributed by atoms with Crippen molar-refractivity contribution in [1.82, 2.24) is 9.78 Å². The predicted octanol–water partition coefficient (Wildman–Crippen LogP) is 5.16. The van der Waals surface area contributed by atoms with Crippen LogP contribution in [0.1, 0.15) is 37.2 Å². The first kappa shape index (κ1) is 21.0. The number of hydrogen-bond acceptors (Lipinski definition) is 3. The van der Waals surface area contributed by atoms with Crippen LogP contribution < -0.4 is 4.74 Å². The van der Waals surface area contributed by atoms with Crippen molar-refractivity contribution < 1.29 is 35.9 Å². The third-order valence-electron chi connectivity index (χ3n) is 3.74. The Morgan fingerprint density at radius 2 is 1.74 bits per heavy atom. The average molecular weight is 396 g/mol. The molecule has 0 aliphatic rings. The number of fused-ring (bicyclic) bond motifs is 1. The Kier molecular flexibility index (Phi) is 6.06. The second-order valence-corrected chi connectivity index (χ2v) is 6.35. The molecule has 2 aromatic rings. The molecule has 4 nitrogen and oxygen atoms in total. The zero-order valence-electron chi connectivity index (χ0n) is 14.6. The van der Waals surface area contributed by atoms with Crippen molar-refractivity contribution in [1.29, 1.82) is 0 Å². The van der Waals surface area contributed by atoms with Gasteiger partial charge in [0, 0.05) is 17.4 Å². The number of ketones is 1. The minimum atomic E-state index is -4.42. The van der Waals surface area contributed by atoms with Gasteiger partial charge in [-0.25, -0.2) is 0 Å². The van der Waals surface area contributed by atoms with Crippen LogP contribution in [-0.4, -0.2) is 34.5 Å². The van der Waals surface area contributed by atoms with Gasteiger partial charge in [-0.15, -0.1) is 0 Å². The lowest BCUT2D eigenvalue weighted by Crippen LogP contribution is -2.14. The molecule has 10 heteroatoms. The van der Waals surface area contributed by atoms with Crippen LogP contribution in [0.15, 0.2) is 18.2 Å². The van der Waals surface area contributed by atoms with Crippen LogP contribution in [0.25, 0.3) is 10.9 Å². The summed E-state index contributed by atoms with van der Waals surface area (Å²) >= 11 is 0. The molecule has 0 spiro atoms. The van der Waals surface area contributed by atoms with Gasteiger partial charge in [0.25, 0.3) is 0 Å². The van der Waals surface area contributed by atoms with E-state index in [1.54, 1.807) is 13.8 Å². The average Bonchev–Trinajstić information content (AvgIpc) is 2.88. The van der Waals surface area contributed by atoms with Gasteiger partial charge in [0.2, 0.25) is 0 Å². The smallest absolute Gasteiger partial charge is 0.392 e. The SMILES string of the molecule is CC(C)C(=O)c1nn(CCC(F)(F)F)c2cc(OCCC(F)(F)F)ccc12. The van der Waals surface area contributed by atoms with E-state index in [0.717, 1.165) is 4.68 Å². The number of carbonyl (C=O) groups is 1. The number of alkyl halides is 6. The summed E-state index contributed by atoms with van der Waals surface area (Å²) in [5, 5.41) is 4.34. The lowest BCUT2D eigenvalue weighted by molar-refractivity contribution is -0.139. The number of Topliss-reactive ketones (excluding diaryl/α,β-unsaturated/α-hetero) is 1. The molecule has 1 aromatic heterocycles. The Hall–Kier alpha value is -2.26. The normalized spacial score (nSPS) is 12.8. The van der Waals surface area contributed by atoms with E-state index in [1.165, 1.54) is 18.2 Å². The highest BCUT2D eigenvalue weighted by molar-refractivity contribution is 6.07. The molecule has 0 N–H and O–H groups in total. The standard InChI is InChI=1S/C17H18F6N2O2/c1-10(2)15(26)14-12-4-3-11(27-8-6-17(21,22)23)9-13(12)25(24-14)7-5-16(18,19)20/h3-4,9-10H,5-8H2,1-2H3. The van der Waals surface area contributed by atoms with Crippen LogP contribution in [0, 0.1) is 5.92 Å². The van der Waals surface area contributed by atoms with E-state index < -0.39 is 44.3 Å². The second-order valence-electron chi connectivity index (χ2n) is 6.35. The molecule has 0 aliphatic carbocycles. The molecule has 150 valence electrons. The molecule has 0 saturated heterocycles. The molecule has 1 aromatic carbocycles. The largest absolute Gasteiger partial charge is 0.493 e. The molecular weight excluding hydrogens is 378 g/mol. The van der Waals surface area contributed by atoms with Crippen molar-refractivity contribution in [2.24, 2.45) is 5.92 Å². The van der Waals surface area contributed by atoms with Crippen LogP contribution >= 0.6 is 0 Å². The van der Waals surface area contributed by atoms with E-state index in [0.29, 0.717) is 5.39 Å². The summed E-state index contributed by atoms with van der Waals surface area (Å²) in [7, 11) is 0. The zero-order chi connectivity index (χ0) is 20.4. The van der Waals surface area contributed by atoms with Gasteiger partial charge in [0.15, 0.2) is 5.78 Å². The molecule has 0 atom stereocenters. The van der Waals surface area contributed by atoms with E-state index in [2.05, 4.69) is 5.10 Å². The van der Waals surface area contributed by atoms with Gasteiger partial charge in [-0.3, -0.25) is 9.48 Å². The molecule has 2 rings (SSSR count). The van der Waals surface area contributed by atoms with Gasteiger partial charge in [-0.1, -0.05) is 13.8 Å². The maximum absolute atomic E-state index is 12.6. The van der Waals surface area contributed by atoms with Crippen molar-refractivity contribution in [3.05, 3.63) is 23.9 Å². The Bertz CT molecular complexity index is 808. The summed E-state index contributed by atoms with van der Waals surface area (Å²) in [5.74, 6) is -0.693. The number of hydrogen-bond donors (Lipinski definition) is 0. The Balaban J connectivity index is 2.35. The number of benzene rings is 1. The molecule has 0 radical (unpaired) electrons. The van der Waals surface area contributed by atoms with Gasteiger partial charge < -0.3 is 4.74 Å². The van der Waals surface area contributed by atoms with Crippen molar-refractivity contribution in [3.8, 4) is 5.75 Å². The van der Waals surface area contributed by atoms with E-state index in [4.69, 9.17) is 4.74 Å². The fourth-order valence-electron chi connectivity index (χ4n) is 2.39. The first-order valence-electron chi connectivity index (χ1n) is 8.18. The van der Waals surface area contributed by atoms with E-state index in [-0.39, 0.29) is 22.7 Å². The molecule has 27 heavy (non-hydrogen) atoms. The zero-order valence-corrected chi connectivity index (χ0v) is 14.6. The Morgan fingerprint density at radius 1 is 1.11 bits per heavy atom. The van der Waals surface area contributed by atoms with Gasteiger partial charge in [-0.05, 0) is 12.1 Å². The van der Waals surface area contributed by atoms with Crippen LogP contribution in [0.4, 0.5) is 26.3 Å². The minimum Gasteiger partial charge on any atom is -0.493 e. The Morgan fingerprint density at radius 3 is 2.30 bits per heavy atom. The molecule has 0 fully saturated rings. The van der Waals surface area contributed by atoms with Crippen molar-refractivity contribution >= 4 is 16.7 Å². The molecular formula is C17H18F6N2O2. The minimum absolute atomic E-state index is 0.0315. The molecule has 1 heterocycles. The summed E-state index contributed by atoms with van der Waals surface area (Å²) in [6.45, 7) is 2.13. The summed E-state index contributed by atoms with van der Waals surface area (Å²) in [5.41, 5.74) is 0.233. The number of aryl methyl sites for hydroxylation is 1. The third-order valence-corrected chi connectivity index (χ3v) is 3.74. The number of rotatable bonds is 7. The van der Waals surface area contributed by atoms with Crippen molar-refractivity contribution in [2.45, 2.75) is 45.6 Å². The van der Waals surface area contributed by atoms with E-state index in [1.807, 2.05) is 0 Å². The number of ether oxygens (including phenoxy) is 1. The second kappa shape index (κ2) is 7.77. The van der Waals surface area contributed by atoms with Gasteiger partial charge in [0.1, 0.15) is 11.4 Å². The van der Waals surface area contributed by atoms with Crippen LogP contribution in [-0.2, 0) is 6.54 Å². The lowest BCUT2D eigenvalue weighted by atomic mass is 10.0. The summed E-state index contributed by atoms with van der Waals surface area (Å²) < 4.78 is 80.4. The molecule has 0 unspecified atom stereocenters. The molecule has 0 saturated carbocycles. The fraction of sp³-hybridized carbons (Fsp3) is 0.529. The number of aromatic nitrogens is 2. The monoisotopic (exact) mass is 396 g/mol. The topological polar surface area (TPSA) is 44.1 Å². The molecule has 0 amide bonds. The highest BCUT2D eigenvalue weighted by atomic mass is 19.4. The number of nitrogens with zero attached hydrogens (tertiary/aromatic N) is 2. The number of carbonyl (C=O) groups excluding carboxylic acids is 1. The summed E-state index contributed by atoms with van der Waals surface area (Å²) in [6, 6.07) is 4.09. The fourth-order valence-corrected chi connectivity index (χ4v) is 2.39. The van der Waals surface area contributed by atoms with Crippen molar-refractivity contribution in [2.75, 3.05) is 6.61 Å². The maximum Gasteiger partial charge on any atom is 0.392 e. The van der Waals surface area contributed by atoms with Gasteiger partial charge in [0.05, 0.1) is 31.5 Å². The van der Waals surface area contributed by atoms with Gasteiger partial charge in [-0.2, -0.15) is 31.4 Å². The number of halogens is 6. The highest BCUT2D eigenvalue weighted by Crippen LogP contribution is 2.28. The third kappa shape index (κ3) is 5.86. The quantitative estimate of drug-likeness (QED) is 0.480. The van der Waals surface area contributed by atoms with Crippen LogP contribution in [0.3, 0.4) is 0 Å². The first-order valence-corrected chi connectivity index (χ1v) is 8.18. The lowest BCUT2D eigenvalue weighted by Gasteiger charge is -2.10. The summed E-state index contributed by atoms with van der Waals surface area (Å²) in [4.78, 5) is 12.3.